The zero-order valence-electron chi connectivity index (χ0n) is 14.6. The monoisotopic (exact) mass is 381 g/mol. The van der Waals surface area contributed by atoms with Crippen LogP contribution in [-0.4, -0.2) is 62.4 Å². The number of carbonyl (C=O) groups excluding carboxylic acids is 1. The topological polar surface area (TPSA) is 101 Å². The Bertz CT molecular complexity index is 788. The van der Waals surface area contributed by atoms with E-state index in [9.17, 15) is 23.1 Å². The molecule has 1 N–H and O–H groups in total. The highest BCUT2D eigenvalue weighted by atomic mass is 32.2. The molecule has 2 aliphatic rings. The number of rotatable bonds is 6. The number of hydrogen-bond donors (Lipinski definition) is 1. The Morgan fingerprint density at radius 3 is 2.54 bits per heavy atom. The van der Waals surface area contributed by atoms with E-state index in [-0.39, 0.29) is 35.0 Å². The van der Waals surface area contributed by atoms with Gasteiger partial charge >= 0.3 is 5.97 Å². The van der Waals surface area contributed by atoms with E-state index in [1.807, 2.05) is 0 Å². The van der Waals surface area contributed by atoms with Crippen LogP contribution in [0.5, 0.6) is 0 Å². The number of ether oxygens (including phenoxy) is 1. The van der Waals surface area contributed by atoms with Crippen molar-refractivity contribution in [3.8, 4) is 0 Å². The summed E-state index contributed by atoms with van der Waals surface area (Å²) in [5.41, 5.74) is 0.307. The molecule has 3 atom stereocenters. The number of amides is 1. The van der Waals surface area contributed by atoms with Gasteiger partial charge in [-0.05, 0) is 48.9 Å². The number of fused-ring (bicyclic) bond motifs is 1. The highest BCUT2D eigenvalue weighted by Crippen LogP contribution is 2.42. The quantitative estimate of drug-likeness (QED) is 0.800. The van der Waals surface area contributed by atoms with Crippen molar-refractivity contribution in [2.45, 2.75) is 30.2 Å². The second-order valence-corrected chi connectivity index (χ2v) is 9.04. The normalized spacial score (nSPS) is 25.3. The minimum Gasteiger partial charge on any atom is -0.480 e. The number of aliphatic carboxylic acids is 1. The maximum absolute atomic E-state index is 12.8. The van der Waals surface area contributed by atoms with Gasteiger partial charge < -0.3 is 14.7 Å². The first-order valence-electron chi connectivity index (χ1n) is 8.70. The molecule has 0 radical (unpaired) electrons. The van der Waals surface area contributed by atoms with E-state index in [4.69, 9.17) is 4.74 Å². The van der Waals surface area contributed by atoms with Crippen LogP contribution in [0.3, 0.4) is 0 Å². The van der Waals surface area contributed by atoms with Gasteiger partial charge in [0.05, 0.1) is 17.3 Å². The molecule has 1 heterocycles. The molecule has 3 rings (SSSR count). The third-order valence-electron chi connectivity index (χ3n) is 5.42. The second kappa shape index (κ2) is 7.36. The lowest BCUT2D eigenvalue weighted by atomic mass is 9.94. The van der Waals surface area contributed by atoms with Gasteiger partial charge in [-0.3, -0.25) is 4.79 Å². The molecule has 7 nitrogen and oxygen atoms in total. The number of sulfone groups is 1. The standard InChI is InChI=1S/C18H23NO6S/c1-25-9-10-26(23,24)14-7-5-12(6-8-14)17(20)19-11-13-3-2-4-15(13)16(19)18(21)22/h5-8,13,15-16H,2-4,9-11H2,1H3,(H,21,22). The molecule has 3 unspecified atom stereocenters. The lowest BCUT2D eigenvalue weighted by molar-refractivity contribution is -0.142. The van der Waals surface area contributed by atoms with Gasteiger partial charge in [0.15, 0.2) is 9.84 Å². The first-order chi connectivity index (χ1) is 12.3. The number of carboxylic acid groups (broad SMARTS) is 1. The summed E-state index contributed by atoms with van der Waals surface area (Å²) in [6.07, 6.45) is 2.80. The zero-order valence-corrected chi connectivity index (χ0v) is 15.4. The van der Waals surface area contributed by atoms with E-state index in [1.54, 1.807) is 0 Å². The van der Waals surface area contributed by atoms with Crippen molar-refractivity contribution in [1.29, 1.82) is 0 Å². The molecule has 2 fully saturated rings. The Balaban J connectivity index is 1.79. The van der Waals surface area contributed by atoms with E-state index in [0.717, 1.165) is 19.3 Å². The number of benzene rings is 1. The number of nitrogens with zero attached hydrogens (tertiary/aromatic N) is 1. The maximum atomic E-state index is 12.8. The van der Waals surface area contributed by atoms with Crippen molar-refractivity contribution in [3.63, 3.8) is 0 Å². The molecule has 8 heteroatoms. The molecule has 1 aliphatic heterocycles. The Labute approximate surface area is 152 Å². The van der Waals surface area contributed by atoms with Crippen LogP contribution in [-0.2, 0) is 19.4 Å². The van der Waals surface area contributed by atoms with Crippen molar-refractivity contribution < 1.29 is 27.9 Å². The molecule has 1 saturated carbocycles. The molecule has 1 aromatic rings. The van der Waals surface area contributed by atoms with Crippen LogP contribution in [0.25, 0.3) is 0 Å². The Morgan fingerprint density at radius 2 is 1.92 bits per heavy atom. The molecule has 26 heavy (non-hydrogen) atoms. The van der Waals surface area contributed by atoms with Gasteiger partial charge in [0, 0.05) is 19.2 Å². The van der Waals surface area contributed by atoms with E-state index in [2.05, 4.69) is 0 Å². The predicted molar refractivity (Wildman–Crippen MR) is 93.7 cm³/mol. The lowest BCUT2D eigenvalue weighted by Gasteiger charge is -2.24. The average molecular weight is 381 g/mol. The van der Waals surface area contributed by atoms with Gasteiger partial charge in [-0.1, -0.05) is 6.42 Å². The van der Waals surface area contributed by atoms with Crippen LogP contribution in [0.2, 0.25) is 0 Å². The number of likely N-dealkylation sites (tertiary alicyclic amines) is 1. The zero-order chi connectivity index (χ0) is 18.9. The van der Waals surface area contributed by atoms with Gasteiger partial charge in [0.1, 0.15) is 6.04 Å². The summed E-state index contributed by atoms with van der Waals surface area (Å²) in [6, 6.07) is 4.90. The summed E-state index contributed by atoms with van der Waals surface area (Å²) in [6.45, 7) is 0.550. The second-order valence-electron chi connectivity index (χ2n) is 6.93. The molecule has 1 aromatic carbocycles. The fourth-order valence-corrected chi connectivity index (χ4v) is 5.28. The first-order valence-corrected chi connectivity index (χ1v) is 10.4. The largest absolute Gasteiger partial charge is 0.480 e. The number of carbonyl (C=O) groups is 2. The summed E-state index contributed by atoms with van der Waals surface area (Å²) < 4.78 is 29.1. The van der Waals surface area contributed by atoms with Gasteiger partial charge in [0.25, 0.3) is 5.91 Å². The highest BCUT2D eigenvalue weighted by molar-refractivity contribution is 7.91. The number of carboxylic acids is 1. The van der Waals surface area contributed by atoms with Gasteiger partial charge in [-0.25, -0.2) is 13.2 Å². The van der Waals surface area contributed by atoms with Crippen LogP contribution in [0.1, 0.15) is 29.6 Å². The SMILES string of the molecule is COCCS(=O)(=O)c1ccc(C(=O)N2CC3CCCC3C2C(=O)O)cc1. The molecule has 0 bridgehead atoms. The minimum absolute atomic E-state index is 0.0187. The van der Waals surface area contributed by atoms with Crippen molar-refractivity contribution in [2.24, 2.45) is 11.8 Å². The van der Waals surface area contributed by atoms with Crippen molar-refractivity contribution >= 4 is 21.7 Å². The molecule has 0 aromatic heterocycles. The molecular weight excluding hydrogens is 358 g/mol. The van der Waals surface area contributed by atoms with Crippen LogP contribution in [0.4, 0.5) is 0 Å². The van der Waals surface area contributed by atoms with E-state index in [1.165, 1.54) is 36.3 Å². The summed E-state index contributed by atoms with van der Waals surface area (Å²) in [5, 5.41) is 9.57. The summed E-state index contributed by atoms with van der Waals surface area (Å²) in [7, 11) is -2.03. The van der Waals surface area contributed by atoms with Crippen molar-refractivity contribution in [1.82, 2.24) is 4.90 Å². The maximum Gasteiger partial charge on any atom is 0.326 e. The van der Waals surface area contributed by atoms with Gasteiger partial charge in [0.2, 0.25) is 0 Å². The molecule has 142 valence electrons. The summed E-state index contributed by atoms with van der Waals surface area (Å²) in [5.74, 6) is -1.19. The smallest absolute Gasteiger partial charge is 0.326 e. The van der Waals surface area contributed by atoms with E-state index >= 15 is 0 Å². The van der Waals surface area contributed by atoms with Gasteiger partial charge in [-0.15, -0.1) is 0 Å². The average Bonchev–Trinajstić information content (AvgIpc) is 3.20. The van der Waals surface area contributed by atoms with Crippen molar-refractivity contribution in [3.05, 3.63) is 29.8 Å². The van der Waals surface area contributed by atoms with Crippen LogP contribution in [0.15, 0.2) is 29.2 Å². The number of methoxy groups -OCH3 is 1. The fourth-order valence-electron chi connectivity index (χ4n) is 4.11. The molecule has 1 aliphatic carbocycles. The van der Waals surface area contributed by atoms with E-state index in [0.29, 0.717) is 12.1 Å². The Hall–Kier alpha value is -1.93. The predicted octanol–water partition coefficient (Wildman–Crippen LogP) is 1.43. The third kappa shape index (κ3) is 3.48. The number of hydrogen-bond acceptors (Lipinski definition) is 5. The summed E-state index contributed by atoms with van der Waals surface area (Å²) >= 11 is 0. The Morgan fingerprint density at radius 1 is 1.23 bits per heavy atom. The third-order valence-corrected chi connectivity index (χ3v) is 7.12. The molecular formula is C18H23NO6S. The van der Waals surface area contributed by atoms with Crippen molar-refractivity contribution in [2.75, 3.05) is 26.0 Å². The van der Waals surface area contributed by atoms with Gasteiger partial charge in [-0.2, -0.15) is 0 Å². The van der Waals surface area contributed by atoms with Crippen LogP contribution < -0.4 is 0 Å². The van der Waals surface area contributed by atoms with Crippen LogP contribution >= 0.6 is 0 Å². The lowest BCUT2D eigenvalue weighted by Crippen LogP contribution is -2.43. The van der Waals surface area contributed by atoms with Crippen LogP contribution in [0, 0.1) is 11.8 Å². The van der Waals surface area contributed by atoms with E-state index < -0.39 is 21.8 Å². The summed E-state index contributed by atoms with van der Waals surface area (Å²) in [4.78, 5) is 26.1. The molecule has 0 spiro atoms. The fraction of sp³-hybridized carbons (Fsp3) is 0.556. The molecule has 1 amide bonds. The molecule has 1 saturated heterocycles. The first kappa shape index (κ1) is 18.8. The highest BCUT2D eigenvalue weighted by Gasteiger charge is 2.49. The minimum atomic E-state index is -3.46. The Kier molecular flexibility index (Phi) is 5.34.